The molecule has 1 heterocycles. The fraction of sp³-hybridized carbons (Fsp3) is 0.200. The Bertz CT molecular complexity index is 909. The summed E-state index contributed by atoms with van der Waals surface area (Å²) in [5, 5.41) is 9.80. The Labute approximate surface area is 145 Å². The van der Waals surface area contributed by atoms with Crippen LogP contribution in [0.15, 0.2) is 54.7 Å². The quantitative estimate of drug-likeness (QED) is 0.744. The van der Waals surface area contributed by atoms with E-state index in [1.54, 1.807) is 35.9 Å². The number of aliphatic carboxylic acids is 1. The molecule has 5 nitrogen and oxygen atoms in total. The fourth-order valence-corrected chi connectivity index (χ4v) is 2.92. The van der Waals surface area contributed by atoms with E-state index in [9.17, 15) is 9.59 Å². The van der Waals surface area contributed by atoms with Crippen LogP contribution in [0, 0.1) is 0 Å². The molecule has 0 amide bonds. The molecule has 0 saturated carbocycles. The molecule has 128 valence electrons. The van der Waals surface area contributed by atoms with E-state index in [0.717, 1.165) is 16.5 Å². The molecule has 3 aromatic rings. The number of aromatic nitrogens is 1. The van der Waals surface area contributed by atoms with Crippen molar-refractivity contribution in [2.45, 2.75) is 19.3 Å². The number of rotatable bonds is 6. The van der Waals surface area contributed by atoms with Crippen LogP contribution in [0.1, 0.15) is 28.8 Å². The smallest absolute Gasteiger partial charge is 0.303 e. The van der Waals surface area contributed by atoms with E-state index >= 15 is 0 Å². The third-order valence-electron chi connectivity index (χ3n) is 4.19. The second-order valence-electron chi connectivity index (χ2n) is 5.82. The number of carboxylic acids is 1. The Kier molecular flexibility index (Phi) is 4.84. The molecular weight excluding hydrogens is 318 g/mol. The molecule has 0 bridgehead atoms. The van der Waals surface area contributed by atoms with Crippen LogP contribution in [0.25, 0.3) is 10.9 Å². The van der Waals surface area contributed by atoms with Crippen LogP contribution in [0.4, 0.5) is 0 Å². The Morgan fingerprint density at radius 3 is 2.48 bits per heavy atom. The number of carboxylic acid groups (broad SMARTS) is 1. The van der Waals surface area contributed by atoms with Gasteiger partial charge in [0.1, 0.15) is 5.75 Å². The SMILES string of the molecule is COc1ccc(C(=O)n2cc(CCCC(=O)O)c3ccccc32)cc1. The second-order valence-corrected chi connectivity index (χ2v) is 5.82. The molecule has 0 aliphatic carbocycles. The van der Waals surface area contributed by atoms with Crippen LogP contribution in [0.2, 0.25) is 0 Å². The van der Waals surface area contributed by atoms with Crippen LogP contribution in [-0.2, 0) is 11.2 Å². The highest BCUT2D eigenvalue weighted by atomic mass is 16.5. The monoisotopic (exact) mass is 337 g/mol. The summed E-state index contributed by atoms with van der Waals surface area (Å²) in [4.78, 5) is 23.6. The molecule has 2 aromatic carbocycles. The summed E-state index contributed by atoms with van der Waals surface area (Å²) < 4.78 is 6.76. The second kappa shape index (κ2) is 7.21. The van der Waals surface area contributed by atoms with Crippen LogP contribution in [0.5, 0.6) is 5.75 Å². The number of fused-ring (bicyclic) bond motifs is 1. The minimum Gasteiger partial charge on any atom is -0.497 e. The Morgan fingerprint density at radius 1 is 1.08 bits per heavy atom. The summed E-state index contributed by atoms with van der Waals surface area (Å²) in [5.74, 6) is -0.232. The highest BCUT2D eigenvalue weighted by molar-refractivity contribution is 6.03. The molecule has 0 spiro atoms. The highest BCUT2D eigenvalue weighted by Crippen LogP contribution is 2.24. The molecular formula is C20H19NO4. The van der Waals surface area contributed by atoms with Crippen LogP contribution >= 0.6 is 0 Å². The van der Waals surface area contributed by atoms with Gasteiger partial charge in [-0.15, -0.1) is 0 Å². The van der Waals surface area contributed by atoms with E-state index in [0.29, 0.717) is 24.2 Å². The van der Waals surface area contributed by atoms with Crippen LogP contribution < -0.4 is 4.74 Å². The maximum Gasteiger partial charge on any atom is 0.303 e. The lowest BCUT2D eigenvalue weighted by molar-refractivity contribution is -0.137. The van der Waals surface area contributed by atoms with Crippen molar-refractivity contribution in [2.24, 2.45) is 0 Å². The van der Waals surface area contributed by atoms with Crippen molar-refractivity contribution in [1.82, 2.24) is 4.57 Å². The first-order chi connectivity index (χ1) is 12.1. The Hall–Kier alpha value is -3.08. The van der Waals surface area contributed by atoms with Gasteiger partial charge in [-0.1, -0.05) is 18.2 Å². The minimum atomic E-state index is -0.807. The van der Waals surface area contributed by atoms with Gasteiger partial charge in [0.15, 0.2) is 0 Å². The van der Waals surface area contributed by atoms with Crippen molar-refractivity contribution in [3.63, 3.8) is 0 Å². The number of hydrogen-bond acceptors (Lipinski definition) is 3. The number of methoxy groups -OCH3 is 1. The summed E-state index contributed by atoms with van der Waals surface area (Å²) in [7, 11) is 1.58. The molecule has 1 N–H and O–H groups in total. The number of aryl methyl sites for hydroxylation is 1. The molecule has 5 heteroatoms. The summed E-state index contributed by atoms with van der Waals surface area (Å²) in [5.41, 5.74) is 2.38. The molecule has 0 aliphatic rings. The maximum absolute atomic E-state index is 12.9. The number of carbonyl (C=O) groups excluding carboxylic acids is 1. The van der Waals surface area contributed by atoms with E-state index < -0.39 is 5.97 Å². The van der Waals surface area contributed by atoms with Gasteiger partial charge in [-0.05, 0) is 48.7 Å². The van der Waals surface area contributed by atoms with Crippen LogP contribution in [0.3, 0.4) is 0 Å². The number of para-hydroxylation sites is 1. The first-order valence-corrected chi connectivity index (χ1v) is 8.09. The van der Waals surface area contributed by atoms with Gasteiger partial charge in [-0.3, -0.25) is 14.2 Å². The van der Waals surface area contributed by atoms with Gasteiger partial charge in [0.2, 0.25) is 0 Å². The number of benzene rings is 2. The number of ether oxygens (including phenoxy) is 1. The predicted molar refractivity (Wildman–Crippen MR) is 95.2 cm³/mol. The standard InChI is InChI=1S/C20H19NO4/c1-25-16-11-9-14(10-12-16)20(24)21-13-15(5-4-8-19(22)23)17-6-2-3-7-18(17)21/h2-3,6-7,9-13H,4-5,8H2,1H3,(H,22,23). The van der Waals surface area contributed by atoms with Crippen molar-refractivity contribution in [1.29, 1.82) is 0 Å². The fourth-order valence-electron chi connectivity index (χ4n) is 2.92. The maximum atomic E-state index is 12.9. The Morgan fingerprint density at radius 2 is 1.80 bits per heavy atom. The lowest BCUT2D eigenvalue weighted by Crippen LogP contribution is -2.10. The first-order valence-electron chi connectivity index (χ1n) is 8.09. The molecule has 0 aliphatic heterocycles. The lowest BCUT2D eigenvalue weighted by Gasteiger charge is -2.05. The zero-order valence-electron chi connectivity index (χ0n) is 13.9. The van der Waals surface area contributed by atoms with E-state index in [1.807, 2.05) is 30.5 Å². The van der Waals surface area contributed by atoms with Crippen LogP contribution in [-0.4, -0.2) is 28.7 Å². The van der Waals surface area contributed by atoms with Gasteiger partial charge in [-0.25, -0.2) is 0 Å². The van der Waals surface area contributed by atoms with E-state index in [1.165, 1.54) is 0 Å². The molecule has 0 fully saturated rings. The largest absolute Gasteiger partial charge is 0.497 e. The normalized spacial score (nSPS) is 10.8. The molecule has 0 saturated heterocycles. The van der Waals surface area contributed by atoms with Gasteiger partial charge in [0.05, 0.1) is 12.6 Å². The zero-order chi connectivity index (χ0) is 17.8. The number of carbonyl (C=O) groups is 2. The van der Waals surface area contributed by atoms with Crippen molar-refractivity contribution in [2.75, 3.05) is 7.11 Å². The third kappa shape index (κ3) is 3.55. The zero-order valence-corrected chi connectivity index (χ0v) is 13.9. The van der Waals surface area contributed by atoms with E-state index in [-0.39, 0.29) is 12.3 Å². The highest BCUT2D eigenvalue weighted by Gasteiger charge is 2.15. The number of nitrogens with zero attached hydrogens (tertiary/aromatic N) is 1. The average Bonchev–Trinajstić information content (AvgIpc) is 3.00. The van der Waals surface area contributed by atoms with E-state index in [2.05, 4.69) is 0 Å². The molecule has 25 heavy (non-hydrogen) atoms. The lowest BCUT2D eigenvalue weighted by atomic mass is 10.1. The van der Waals surface area contributed by atoms with E-state index in [4.69, 9.17) is 9.84 Å². The summed E-state index contributed by atoms with van der Waals surface area (Å²) in [6, 6.07) is 14.7. The first kappa shape index (κ1) is 16.8. The molecule has 0 atom stereocenters. The number of hydrogen-bond donors (Lipinski definition) is 1. The van der Waals surface area contributed by atoms with Gasteiger partial charge in [-0.2, -0.15) is 0 Å². The van der Waals surface area contributed by atoms with Gasteiger partial charge in [0, 0.05) is 23.6 Å². The summed E-state index contributed by atoms with van der Waals surface area (Å²) in [6.45, 7) is 0. The Balaban J connectivity index is 1.94. The van der Waals surface area contributed by atoms with Crippen molar-refractivity contribution >= 4 is 22.8 Å². The molecule has 1 aromatic heterocycles. The van der Waals surface area contributed by atoms with Crippen molar-refractivity contribution < 1.29 is 19.4 Å². The minimum absolute atomic E-state index is 0.117. The summed E-state index contributed by atoms with van der Waals surface area (Å²) >= 11 is 0. The average molecular weight is 337 g/mol. The topological polar surface area (TPSA) is 68.5 Å². The molecule has 0 radical (unpaired) electrons. The third-order valence-corrected chi connectivity index (χ3v) is 4.19. The van der Waals surface area contributed by atoms with Crippen molar-refractivity contribution in [3.8, 4) is 5.75 Å². The molecule has 3 rings (SSSR count). The van der Waals surface area contributed by atoms with Gasteiger partial charge >= 0.3 is 5.97 Å². The van der Waals surface area contributed by atoms with Gasteiger partial charge in [0.25, 0.3) is 5.91 Å². The van der Waals surface area contributed by atoms with Gasteiger partial charge < -0.3 is 9.84 Å². The summed E-state index contributed by atoms with van der Waals surface area (Å²) in [6.07, 6.45) is 3.10. The van der Waals surface area contributed by atoms with Crippen molar-refractivity contribution in [3.05, 3.63) is 65.9 Å². The molecule has 0 unspecified atom stereocenters. The predicted octanol–water partition coefficient (Wildman–Crippen LogP) is 3.75.